The molecule has 1 aromatic rings. The fraction of sp³-hybridized carbons (Fsp3) is 0.538. The van der Waals surface area contributed by atoms with Crippen molar-refractivity contribution in [2.24, 2.45) is 5.73 Å². The van der Waals surface area contributed by atoms with Crippen LogP contribution in [0.1, 0.15) is 25.0 Å². The van der Waals surface area contributed by atoms with Crippen molar-refractivity contribution in [2.45, 2.75) is 19.3 Å². The Morgan fingerprint density at radius 2 is 2.17 bits per heavy atom. The largest absolute Gasteiger partial charge is 0.492 e. The highest BCUT2D eigenvalue weighted by atomic mass is 32.1. The molecule has 0 amide bonds. The first kappa shape index (κ1) is 13.2. The Kier molecular flexibility index (Phi) is 4.90. The van der Waals surface area contributed by atoms with Gasteiger partial charge in [-0.3, -0.25) is 9.88 Å². The quantitative estimate of drug-likeness (QED) is 0.819. The molecule has 1 fully saturated rings. The van der Waals surface area contributed by atoms with Crippen molar-refractivity contribution in [3.63, 3.8) is 0 Å². The van der Waals surface area contributed by atoms with Crippen LogP contribution in [0.25, 0.3) is 0 Å². The molecule has 0 aliphatic carbocycles. The summed E-state index contributed by atoms with van der Waals surface area (Å²) in [6, 6.07) is 3.62. The summed E-state index contributed by atoms with van der Waals surface area (Å²) in [5.41, 5.74) is 6.14. The van der Waals surface area contributed by atoms with E-state index in [1.54, 1.807) is 12.3 Å². The summed E-state index contributed by atoms with van der Waals surface area (Å²) in [4.78, 5) is 6.83. The van der Waals surface area contributed by atoms with Gasteiger partial charge in [-0.05, 0) is 32.0 Å². The van der Waals surface area contributed by atoms with E-state index in [0.717, 1.165) is 12.3 Å². The summed E-state index contributed by atoms with van der Waals surface area (Å²) < 4.78 is 5.70. The first-order valence-corrected chi connectivity index (χ1v) is 6.77. The van der Waals surface area contributed by atoms with Crippen LogP contribution in [0.5, 0.6) is 5.75 Å². The highest BCUT2D eigenvalue weighted by molar-refractivity contribution is 7.80. The number of thiocarbonyl (C=S) groups is 1. The Morgan fingerprint density at radius 1 is 1.39 bits per heavy atom. The van der Waals surface area contributed by atoms with Gasteiger partial charge in [0.25, 0.3) is 0 Å². The van der Waals surface area contributed by atoms with Crippen LogP contribution < -0.4 is 10.5 Å². The van der Waals surface area contributed by atoms with Gasteiger partial charge < -0.3 is 10.5 Å². The lowest BCUT2D eigenvalue weighted by Gasteiger charge is -2.26. The van der Waals surface area contributed by atoms with Crippen LogP contribution in [0, 0.1) is 0 Å². The fourth-order valence-electron chi connectivity index (χ4n) is 2.11. The smallest absolute Gasteiger partial charge is 0.123 e. The number of nitrogens with zero attached hydrogens (tertiary/aromatic N) is 2. The third-order valence-electron chi connectivity index (χ3n) is 3.11. The first-order valence-electron chi connectivity index (χ1n) is 6.37. The van der Waals surface area contributed by atoms with Crippen LogP contribution in [-0.4, -0.2) is 41.1 Å². The Bertz CT molecular complexity index is 405. The monoisotopic (exact) mass is 265 g/mol. The molecule has 0 saturated carbocycles. The normalized spacial score (nSPS) is 16.4. The Morgan fingerprint density at radius 3 is 2.89 bits per heavy atom. The molecule has 1 aliphatic heterocycles. The van der Waals surface area contributed by atoms with Crippen LogP contribution in [0.3, 0.4) is 0 Å². The number of likely N-dealkylation sites (tertiary alicyclic amines) is 1. The molecule has 1 aromatic heterocycles. The fourth-order valence-corrected chi connectivity index (χ4v) is 2.22. The topological polar surface area (TPSA) is 51.4 Å². The van der Waals surface area contributed by atoms with Gasteiger partial charge in [0.2, 0.25) is 0 Å². The maximum Gasteiger partial charge on any atom is 0.123 e. The van der Waals surface area contributed by atoms with Crippen LogP contribution in [0.15, 0.2) is 18.3 Å². The summed E-state index contributed by atoms with van der Waals surface area (Å²) in [5.74, 6) is 0.782. The van der Waals surface area contributed by atoms with Gasteiger partial charge in [0.15, 0.2) is 0 Å². The second-order valence-electron chi connectivity index (χ2n) is 4.49. The van der Waals surface area contributed by atoms with E-state index in [2.05, 4.69) is 9.88 Å². The summed E-state index contributed by atoms with van der Waals surface area (Å²) >= 11 is 4.89. The van der Waals surface area contributed by atoms with Gasteiger partial charge in [-0.2, -0.15) is 0 Å². The number of pyridine rings is 1. The zero-order valence-corrected chi connectivity index (χ0v) is 11.3. The predicted octanol–water partition coefficient (Wildman–Crippen LogP) is 1.58. The Hall–Kier alpha value is -1.20. The van der Waals surface area contributed by atoms with E-state index in [4.69, 9.17) is 22.7 Å². The van der Waals surface area contributed by atoms with E-state index in [-0.39, 0.29) is 0 Å². The zero-order valence-electron chi connectivity index (χ0n) is 10.5. The maximum absolute atomic E-state index is 5.70. The molecular formula is C13H19N3OS. The third-order valence-corrected chi connectivity index (χ3v) is 3.32. The predicted molar refractivity (Wildman–Crippen MR) is 75.9 cm³/mol. The van der Waals surface area contributed by atoms with E-state index in [0.29, 0.717) is 17.3 Å². The van der Waals surface area contributed by atoms with E-state index in [9.17, 15) is 0 Å². The molecule has 0 radical (unpaired) electrons. The van der Waals surface area contributed by atoms with Crippen molar-refractivity contribution >= 4 is 17.2 Å². The number of nitrogens with two attached hydrogens (primary N) is 1. The minimum Gasteiger partial charge on any atom is -0.492 e. The van der Waals surface area contributed by atoms with Gasteiger partial charge in [0.05, 0.1) is 0 Å². The number of hydrogen-bond donors (Lipinski definition) is 1. The third kappa shape index (κ3) is 3.92. The molecule has 98 valence electrons. The molecule has 0 bridgehead atoms. The van der Waals surface area contributed by atoms with Crippen LogP contribution >= 0.6 is 12.2 Å². The van der Waals surface area contributed by atoms with Crippen molar-refractivity contribution in [3.05, 3.63) is 24.0 Å². The van der Waals surface area contributed by atoms with Crippen molar-refractivity contribution in [1.82, 2.24) is 9.88 Å². The molecule has 2 heterocycles. The molecule has 2 N–H and O–H groups in total. The van der Waals surface area contributed by atoms with E-state index >= 15 is 0 Å². The van der Waals surface area contributed by atoms with Gasteiger partial charge in [0, 0.05) is 18.8 Å². The average molecular weight is 265 g/mol. The van der Waals surface area contributed by atoms with E-state index in [1.165, 1.54) is 32.4 Å². The lowest BCUT2D eigenvalue weighted by molar-refractivity contribution is 0.183. The summed E-state index contributed by atoms with van der Waals surface area (Å²) in [6.07, 6.45) is 5.64. The number of piperidine rings is 1. The van der Waals surface area contributed by atoms with Gasteiger partial charge in [0.1, 0.15) is 23.0 Å². The zero-order chi connectivity index (χ0) is 12.8. The molecule has 0 atom stereocenters. The van der Waals surface area contributed by atoms with Crippen molar-refractivity contribution in [1.29, 1.82) is 0 Å². The van der Waals surface area contributed by atoms with Gasteiger partial charge in [-0.15, -0.1) is 0 Å². The van der Waals surface area contributed by atoms with Gasteiger partial charge in [-0.1, -0.05) is 18.6 Å². The Labute approximate surface area is 113 Å². The molecule has 4 nitrogen and oxygen atoms in total. The molecule has 1 aliphatic rings. The van der Waals surface area contributed by atoms with Crippen molar-refractivity contribution in [2.75, 3.05) is 26.2 Å². The molecule has 0 spiro atoms. The van der Waals surface area contributed by atoms with E-state index < -0.39 is 0 Å². The highest BCUT2D eigenvalue weighted by Gasteiger charge is 2.09. The number of hydrogen-bond acceptors (Lipinski definition) is 4. The first-order chi connectivity index (χ1) is 8.75. The highest BCUT2D eigenvalue weighted by Crippen LogP contribution is 2.12. The van der Waals surface area contributed by atoms with Crippen molar-refractivity contribution in [3.8, 4) is 5.75 Å². The van der Waals surface area contributed by atoms with Gasteiger partial charge >= 0.3 is 0 Å². The summed E-state index contributed by atoms with van der Waals surface area (Å²) in [6.45, 7) is 4.06. The van der Waals surface area contributed by atoms with Crippen LogP contribution in [-0.2, 0) is 0 Å². The molecule has 0 unspecified atom stereocenters. The molecule has 1 saturated heterocycles. The van der Waals surface area contributed by atoms with E-state index in [1.807, 2.05) is 6.07 Å². The molecule has 5 heteroatoms. The lowest BCUT2D eigenvalue weighted by Crippen LogP contribution is -2.33. The lowest BCUT2D eigenvalue weighted by atomic mass is 10.1. The SMILES string of the molecule is NC(=S)c1cc(OCCN2CCCCC2)ccn1. The van der Waals surface area contributed by atoms with Crippen LogP contribution in [0.4, 0.5) is 0 Å². The molecule has 2 rings (SSSR count). The maximum atomic E-state index is 5.70. The van der Waals surface area contributed by atoms with Crippen LogP contribution in [0.2, 0.25) is 0 Å². The second kappa shape index (κ2) is 6.66. The van der Waals surface area contributed by atoms with Gasteiger partial charge in [-0.25, -0.2) is 0 Å². The Balaban J connectivity index is 1.78. The second-order valence-corrected chi connectivity index (χ2v) is 4.93. The minimum atomic E-state index is 0.302. The van der Waals surface area contributed by atoms with Crippen molar-refractivity contribution < 1.29 is 4.74 Å². The number of ether oxygens (including phenoxy) is 1. The molecule has 18 heavy (non-hydrogen) atoms. The summed E-state index contributed by atoms with van der Waals surface area (Å²) in [5, 5.41) is 0. The number of aromatic nitrogens is 1. The number of rotatable bonds is 5. The minimum absolute atomic E-state index is 0.302. The molecule has 0 aromatic carbocycles. The standard InChI is InChI=1S/C13H19N3OS/c14-13(18)12-10-11(4-5-15-12)17-9-8-16-6-2-1-3-7-16/h4-5,10H,1-3,6-9H2,(H2,14,18). The molecular weight excluding hydrogens is 246 g/mol. The average Bonchev–Trinajstić information content (AvgIpc) is 2.40. The summed E-state index contributed by atoms with van der Waals surface area (Å²) in [7, 11) is 0.